The summed E-state index contributed by atoms with van der Waals surface area (Å²) in [5, 5.41) is 0. The number of imidazole rings is 1. The van der Waals surface area contributed by atoms with Gasteiger partial charge < -0.3 is 14.4 Å². The van der Waals surface area contributed by atoms with Gasteiger partial charge in [-0.15, -0.1) is 0 Å². The number of aromatic nitrogens is 4. The number of hydrogen-bond acceptors (Lipinski definition) is 5. The van der Waals surface area contributed by atoms with Crippen LogP contribution in [0, 0.1) is 0 Å². The van der Waals surface area contributed by atoms with Gasteiger partial charge in [-0.1, -0.05) is 64.7 Å². The van der Waals surface area contributed by atoms with Gasteiger partial charge in [0.2, 0.25) is 5.95 Å². The zero-order valence-electron chi connectivity index (χ0n) is 19.7. The summed E-state index contributed by atoms with van der Waals surface area (Å²) in [5.74, 6) is 0.825. The quantitative estimate of drug-likeness (QED) is 0.522. The van der Waals surface area contributed by atoms with E-state index < -0.39 is 5.69 Å². The Labute approximate surface area is 185 Å². The van der Waals surface area contributed by atoms with Crippen LogP contribution in [0.2, 0.25) is 0 Å². The minimum Gasteiger partial charge on any atom is -0.340 e. The zero-order valence-corrected chi connectivity index (χ0v) is 19.7. The Hall–Kier alpha value is -2.09. The molecule has 0 atom stereocenters. The Morgan fingerprint density at radius 3 is 2.03 bits per heavy atom. The lowest BCUT2D eigenvalue weighted by Crippen LogP contribution is -2.45. The maximum absolute atomic E-state index is 12.6. The number of nitrogens with one attached hydrogen (secondary N) is 1. The fraction of sp³-hybridized carbons (Fsp3) is 0.783. The Balaban J connectivity index is 1.64. The van der Waals surface area contributed by atoms with Crippen molar-refractivity contribution in [2.24, 2.45) is 7.05 Å². The minimum atomic E-state index is -0.411. The van der Waals surface area contributed by atoms with Gasteiger partial charge in [-0.25, -0.2) is 4.79 Å². The van der Waals surface area contributed by atoms with E-state index >= 15 is 0 Å². The van der Waals surface area contributed by atoms with E-state index in [0.29, 0.717) is 11.2 Å². The molecule has 0 amide bonds. The molecule has 0 aliphatic carbocycles. The first kappa shape index (κ1) is 23.6. The highest BCUT2D eigenvalue weighted by molar-refractivity contribution is 5.74. The van der Waals surface area contributed by atoms with Gasteiger partial charge in [-0.2, -0.15) is 4.98 Å². The summed E-state index contributed by atoms with van der Waals surface area (Å²) >= 11 is 0. The first-order chi connectivity index (χ1) is 15.0. The molecule has 1 saturated heterocycles. The second-order valence-electron chi connectivity index (χ2n) is 9.03. The number of anilines is 1. The van der Waals surface area contributed by atoms with Gasteiger partial charge in [0, 0.05) is 39.8 Å². The van der Waals surface area contributed by atoms with Crippen molar-refractivity contribution in [2.45, 2.75) is 77.7 Å². The summed E-state index contributed by atoms with van der Waals surface area (Å²) < 4.78 is 3.50. The van der Waals surface area contributed by atoms with Gasteiger partial charge in [0.25, 0.3) is 5.56 Å². The van der Waals surface area contributed by atoms with E-state index in [1.54, 1.807) is 7.05 Å². The van der Waals surface area contributed by atoms with Gasteiger partial charge >= 0.3 is 5.69 Å². The van der Waals surface area contributed by atoms with E-state index in [2.05, 4.69) is 28.8 Å². The molecular formula is C23H40N6O2. The van der Waals surface area contributed by atoms with E-state index in [-0.39, 0.29) is 5.56 Å². The third-order valence-electron chi connectivity index (χ3n) is 6.51. The lowest BCUT2D eigenvalue weighted by Gasteiger charge is -2.33. The fourth-order valence-corrected chi connectivity index (χ4v) is 4.44. The number of aromatic amines is 1. The molecule has 2 aromatic rings. The summed E-state index contributed by atoms with van der Waals surface area (Å²) in [5.41, 5.74) is 0.255. The Morgan fingerprint density at radius 1 is 0.839 bits per heavy atom. The van der Waals surface area contributed by atoms with Gasteiger partial charge in [-0.05, 0) is 13.5 Å². The minimum absolute atomic E-state index is 0.335. The number of aryl methyl sites for hydroxylation is 2. The number of nitrogens with zero attached hydrogens (tertiary/aromatic N) is 5. The fourth-order valence-electron chi connectivity index (χ4n) is 4.44. The van der Waals surface area contributed by atoms with Crippen molar-refractivity contribution in [3.63, 3.8) is 0 Å². The van der Waals surface area contributed by atoms with Crippen molar-refractivity contribution >= 4 is 17.1 Å². The largest absolute Gasteiger partial charge is 0.340 e. The summed E-state index contributed by atoms with van der Waals surface area (Å²) in [4.78, 5) is 36.5. The normalized spacial score (nSPS) is 15.3. The average Bonchev–Trinajstić information content (AvgIpc) is 3.14. The van der Waals surface area contributed by atoms with Crippen LogP contribution in [-0.4, -0.2) is 57.2 Å². The molecule has 0 bridgehead atoms. The molecule has 174 valence electrons. The standard InChI is InChI=1S/C23H40N6O2/c1-4-5-6-7-8-9-10-11-12-13-14-29-19-20(27(3)23(31)25-21(19)30)24-22(29)28-17-15-26(2)16-18-28/h4-18H2,1-3H3,(H,25,30,31). The molecular weight excluding hydrogens is 392 g/mol. The third-order valence-corrected chi connectivity index (χ3v) is 6.51. The second kappa shape index (κ2) is 11.5. The van der Waals surface area contributed by atoms with Crippen LogP contribution in [0.1, 0.15) is 71.1 Å². The maximum Gasteiger partial charge on any atom is 0.329 e. The van der Waals surface area contributed by atoms with Crippen molar-refractivity contribution in [3.8, 4) is 0 Å². The van der Waals surface area contributed by atoms with Crippen molar-refractivity contribution in [3.05, 3.63) is 20.8 Å². The van der Waals surface area contributed by atoms with E-state index in [9.17, 15) is 9.59 Å². The molecule has 3 heterocycles. The predicted molar refractivity (Wildman–Crippen MR) is 127 cm³/mol. The molecule has 1 N–H and O–H groups in total. The van der Waals surface area contributed by atoms with Gasteiger partial charge in [-0.3, -0.25) is 14.3 Å². The number of fused-ring (bicyclic) bond motifs is 1. The summed E-state index contributed by atoms with van der Waals surface area (Å²) in [6.45, 7) is 6.71. The molecule has 1 aliphatic heterocycles. The topological polar surface area (TPSA) is 79.2 Å². The Kier molecular flexibility index (Phi) is 8.75. The zero-order chi connectivity index (χ0) is 22.2. The molecule has 2 aromatic heterocycles. The lowest BCUT2D eigenvalue weighted by atomic mass is 10.1. The third kappa shape index (κ3) is 5.99. The summed E-state index contributed by atoms with van der Waals surface area (Å²) in [6, 6.07) is 0. The number of unbranched alkanes of at least 4 members (excludes halogenated alkanes) is 9. The monoisotopic (exact) mass is 432 g/mol. The summed E-state index contributed by atoms with van der Waals surface area (Å²) in [7, 11) is 3.80. The number of piperazine rings is 1. The number of rotatable bonds is 12. The highest BCUT2D eigenvalue weighted by atomic mass is 16.2. The highest BCUT2D eigenvalue weighted by Gasteiger charge is 2.23. The smallest absolute Gasteiger partial charge is 0.329 e. The number of likely N-dealkylation sites (N-methyl/N-ethyl adjacent to an activating group) is 1. The molecule has 0 aromatic carbocycles. The summed E-state index contributed by atoms with van der Waals surface area (Å²) in [6.07, 6.45) is 12.8. The molecule has 0 unspecified atom stereocenters. The van der Waals surface area contributed by atoms with Crippen molar-refractivity contribution in [2.75, 3.05) is 38.1 Å². The van der Waals surface area contributed by atoms with Crippen LogP contribution < -0.4 is 16.1 Å². The first-order valence-corrected chi connectivity index (χ1v) is 12.2. The van der Waals surface area contributed by atoms with Crippen LogP contribution in [0.4, 0.5) is 5.95 Å². The molecule has 31 heavy (non-hydrogen) atoms. The predicted octanol–water partition coefficient (Wildman–Crippen LogP) is 3.10. The van der Waals surface area contributed by atoms with Crippen molar-refractivity contribution < 1.29 is 0 Å². The Bertz CT molecular complexity index is 936. The van der Waals surface area contributed by atoms with Crippen LogP contribution >= 0.6 is 0 Å². The molecule has 8 nitrogen and oxygen atoms in total. The Morgan fingerprint density at radius 2 is 1.42 bits per heavy atom. The number of hydrogen-bond donors (Lipinski definition) is 1. The van der Waals surface area contributed by atoms with Crippen molar-refractivity contribution in [1.29, 1.82) is 0 Å². The van der Waals surface area contributed by atoms with Crippen LogP contribution in [0.5, 0.6) is 0 Å². The van der Waals surface area contributed by atoms with Crippen LogP contribution in [0.15, 0.2) is 9.59 Å². The van der Waals surface area contributed by atoms with Crippen LogP contribution in [0.3, 0.4) is 0 Å². The van der Waals surface area contributed by atoms with Gasteiger partial charge in [0.15, 0.2) is 11.2 Å². The second-order valence-corrected chi connectivity index (χ2v) is 9.03. The first-order valence-electron chi connectivity index (χ1n) is 12.2. The molecule has 8 heteroatoms. The van der Waals surface area contributed by atoms with Crippen molar-refractivity contribution in [1.82, 2.24) is 24.0 Å². The molecule has 0 radical (unpaired) electrons. The SMILES string of the molecule is CCCCCCCCCCCCn1c(N2CCN(C)CC2)nc2c1c(=O)[nH]c(=O)n2C. The highest BCUT2D eigenvalue weighted by Crippen LogP contribution is 2.22. The molecule has 1 fully saturated rings. The molecule has 0 saturated carbocycles. The van der Waals surface area contributed by atoms with Crippen LogP contribution in [0.25, 0.3) is 11.2 Å². The molecule has 0 spiro atoms. The van der Waals surface area contributed by atoms with E-state index in [4.69, 9.17) is 4.98 Å². The molecule has 3 rings (SSSR count). The van der Waals surface area contributed by atoms with E-state index in [1.165, 1.54) is 55.9 Å². The molecule has 1 aliphatic rings. The average molecular weight is 433 g/mol. The lowest BCUT2D eigenvalue weighted by molar-refractivity contribution is 0.310. The van der Waals surface area contributed by atoms with Crippen LogP contribution in [-0.2, 0) is 13.6 Å². The van der Waals surface area contributed by atoms with E-state index in [0.717, 1.165) is 51.5 Å². The maximum atomic E-state index is 12.6. The van der Waals surface area contributed by atoms with Gasteiger partial charge in [0.1, 0.15) is 0 Å². The number of H-pyrrole nitrogens is 1. The van der Waals surface area contributed by atoms with Gasteiger partial charge in [0.05, 0.1) is 0 Å². The van der Waals surface area contributed by atoms with E-state index in [1.807, 2.05) is 4.57 Å².